The Kier molecular flexibility index (Phi) is 6.49. The quantitative estimate of drug-likeness (QED) is 0.821. The summed E-state index contributed by atoms with van der Waals surface area (Å²) < 4.78 is 0.842. The van der Waals surface area contributed by atoms with Gasteiger partial charge in [-0.2, -0.15) is 0 Å². The van der Waals surface area contributed by atoms with Gasteiger partial charge in [-0.05, 0) is 52.2 Å². The van der Waals surface area contributed by atoms with Gasteiger partial charge in [0.1, 0.15) is 0 Å². The molecule has 1 N–H and O–H groups in total. The minimum atomic E-state index is -0.128. The molecule has 1 heterocycles. The largest absolute Gasteiger partial charge is 0.338 e. The minimum Gasteiger partial charge on any atom is -0.338 e. The highest BCUT2D eigenvalue weighted by molar-refractivity contribution is 9.10. The van der Waals surface area contributed by atoms with Crippen molar-refractivity contribution in [2.24, 2.45) is 0 Å². The molecule has 2 amide bonds. The average molecular weight is 390 g/mol. The van der Waals surface area contributed by atoms with Gasteiger partial charge in [0, 0.05) is 43.3 Å². The number of pyridine rings is 1. The lowest BCUT2D eigenvalue weighted by molar-refractivity contribution is -0.129. The zero-order chi connectivity index (χ0) is 17.5. The standard InChI is InChI=1S/C18H20BrN3O2/c1-13-5-6-17(16(19)10-13)21-18(24)7-9-22(14(2)23)12-15-4-3-8-20-11-15/h3-6,8,10-11H,7,9,12H2,1-2H3,(H,21,24). The summed E-state index contributed by atoms with van der Waals surface area (Å²) in [5.74, 6) is -0.194. The van der Waals surface area contributed by atoms with Crippen molar-refractivity contribution in [2.75, 3.05) is 11.9 Å². The molecule has 1 aromatic carbocycles. The van der Waals surface area contributed by atoms with Crippen molar-refractivity contribution in [1.82, 2.24) is 9.88 Å². The maximum absolute atomic E-state index is 12.1. The first-order valence-corrected chi connectivity index (χ1v) is 8.45. The summed E-state index contributed by atoms with van der Waals surface area (Å²) in [6.07, 6.45) is 3.65. The van der Waals surface area contributed by atoms with Crippen LogP contribution < -0.4 is 5.32 Å². The Bertz CT molecular complexity index is 719. The maximum atomic E-state index is 12.1. The van der Waals surface area contributed by atoms with Gasteiger partial charge in [0.2, 0.25) is 11.8 Å². The molecule has 0 saturated carbocycles. The second kappa shape index (κ2) is 8.59. The van der Waals surface area contributed by atoms with Crippen LogP contribution in [-0.2, 0) is 16.1 Å². The molecule has 0 fully saturated rings. The van der Waals surface area contributed by atoms with Crippen molar-refractivity contribution in [3.63, 3.8) is 0 Å². The molecular weight excluding hydrogens is 370 g/mol. The van der Waals surface area contributed by atoms with Crippen molar-refractivity contribution in [1.29, 1.82) is 0 Å². The molecule has 0 atom stereocenters. The molecular formula is C18H20BrN3O2. The van der Waals surface area contributed by atoms with Crippen LogP contribution in [0.1, 0.15) is 24.5 Å². The zero-order valence-electron chi connectivity index (χ0n) is 13.8. The normalized spacial score (nSPS) is 10.3. The molecule has 126 valence electrons. The van der Waals surface area contributed by atoms with E-state index in [1.54, 1.807) is 17.3 Å². The Morgan fingerprint density at radius 3 is 2.71 bits per heavy atom. The molecule has 0 radical (unpaired) electrons. The number of halogens is 1. The Hall–Kier alpha value is -2.21. The lowest BCUT2D eigenvalue weighted by Gasteiger charge is -2.20. The molecule has 5 nitrogen and oxygen atoms in total. The van der Waals surface area contributed by atoms with Crippen LogP contribution in [0.5, 0.6) is 0 Å². The number of hydrogen-bond donors (Lipinski definition) is 1. The number of nitrogens with zero attached hydrogens (tertiary/aromatic N) is 2. The summed E-state index contributed by atoms with van der Waals surface area (Å²) in [5, 5.41) is 2.86. The summed E-state index contributed by atoms with van der Waals surface area (Å²) in [4.78, 5) is 29.6. The molecule has 24 heavy (non-hydrogen) atoms. The number of anilines is 1. The highest BCUT2D eigenvalue weighted by atomic mass is 79.9. The van der Waals surface area contributed by atoms with Crippen LogP contribution in [0.15, 0.2) is 47.2 Å². The topological polar surface area (TPSA) is 62.3 Å². The molecule has 0 spiro atoms. The van der Waals surface area contributed by atoms with Gasteiger partial charge in [-0.15, -0.1) is 0 Å². The molecule has 0 unspecified atom stereocenters. The van der Waals surface area contributed by atoms with Gasteiger partial charge in [0.25, 0.3) is 0 Å². The third kappa shape index (κ3) is 5.45. The summed E-state index contributed by atoms with van der Waals surface area (Å²) in [5.41, 5.74) is 2.78. The van der Waals surface area contributed by atoms with E-state index in [4.69, 9.17) is 0 Å². The smallest absolute Gasteiger partial charge is 0.226 e. The molecule has 0 bridgehead atoms. The number of aromatic nitrogens is 1. The molecule has 0 saturated heterocycles. The Morgan fingerprint density at radius 2 is 2.08 bits per heavy atom. The Balaban J connectivity index is 1.91. The number of nitrogens with one attached hydrogen (secondary N) is 1. The second-order valence-electron chi connectivity index (χ2n) is 5.58. The van der Waals surface area contributed by atoms with Crippen molar-refractivity contribution in [3.05, 3.63) is 58.3 Å². The molecule has 1 aromatic heterocycles. The van der Waals surface area contributed by atoms with Crippen molar-refractivity contribution >= 4 is 33.4 Å². The van der Waals surface area contributed by atoms with E-state index in [1.807, 2.05) is 37.3 Å². The van der Waals surface area contributed by atoms with E-state index in [1.165, 1.54) is 6.92 Å². The lowest BCUT2D eigenvalue weighted by Crippen LogP contribution is -2.31. The number of aryl methyl sites for hydroxylation is 1. The van der Waals surface area contributed by atoms with Crippen LogP contribution >= 0.6 is 15.9 Å². The van der Waals surface area contributed by atoms with Gasteiger partial charge in [0.05, 0.1) is 5.69 Å². The number of benzene rings is 1. The first kappa shape index (κ1) is 18.1. The van der Waals surface area contributed by atoms with Gasteiger partial charge in [-0.25, -0.2) is 0 Å². The highest BCUT2D eigenvalue weighted by Crippen LogP contribution is 2.23. The first-order valence-electron chi connectivity index (χ1n) is 7.66. The Morgan fingerprint density at radius 1 is 1.29 bits per heavy atom. The fourth-order valence-corrected chi connectivity index (χ4v) is 2.82. The fraction of sp³-hybridized carbons (Fsp3) is 0.278. The summed E-state index contributed by atoms with van der Waals surface area (Å²) >= 11 is 3.44. The molecule has 6 heteroatoms. The summed E-state index contributed by atoms with van der Waals surface area (Å²) in [6.45, 7) is 4.30. The van der Waals surface area contributed by atoms with Crippen molar-refractivity contribution < 1.29 is 9.59 Å². The van der Waals surface area contributed by atoms with E-state index in [0.717, 1.165) is 21.3 Å². The minimum absolute atomic E-state index is 0.0665. The number of amides is 2. The monoisotopic (exact) mass is 389 g/mol. The molecule has 2 aromatic rings. The van der Waals surface area contributed by atoms with Crippen LogP contribution in [0.4, 0.5) is 5.69 Å². The molecule has 2 rings (SSSR count). The Labute approximate surface area is 150 Å². The lowest BCUT2D eigenvalue weighted by atomic mass is 10.2. The van der Waals surface area contributed by atoms with Crippen LogP contribution in [0.3, 0.4) is 0 Å². The average Bonchev–Trinajstić information content (AvgIpc) is 2.55. The molecule has 0 aliphatic rings. The molecule has 0 aliphatic heterocycles. The van der Waals surface area contributed by atoms with Crippen LogP contribution in [-0.4, -0.2) is 28.2 Å². The van der Waals surface area contributed by atoms with Gasteiger partial charge in [-0.3, -0.25) is 14.6 Å². The third-order valence-electron chi connectivity index (χ3n) is 3.55. The van der Waals surface area contributed by atoms with Gasteiger partial charge < -0.3 is 10.2 Å². The van der Waals surface area contributed by atoms with E-state index in [2.05, 4.69) is 26.2 Å². The van der Waals surface area contributed by atoms with E-state index in [0.29, 0.717) is 13.1 Å². The van der Waals surface area contributed by atoms with Crippen molar-refractivity contribution in [2.45, 2.75) is 26.8 Å². The van der Waals surface area contributed by atoms with Gasteiger partial charge in [0.15, 0.2) is 0 Å². The van der Waals surface area contributed by atoms with E-state index in [-0.39, 0.29) is 18.2 Å². The predicted octanol–water partition coefficient (Wildman–Crippen LogP) is 3.53. The van der Waals surface area contributed by atoms with Gasteiger partial charge in [-0.1, -0.05) is 12.1 Å². The second-order valence-corrected chi connectivity index (χ2v) is 6.44. The highest BCUT2D eigenvalue weighted by Gasteiger charge is 2.13. The number of rotatable bonds is 6. The van der Waals surface area contributed by atoms with Crippen LogP contribution in [0.2, 0.25) is 0 Å². The first-order chi connectivity index (χ1) is 11.5. The van der Waals surface area contributed by atoms with E-state index in [9.17, 15) is 9.59 Å². The van der Waals surface area contributed by atoms with Crippen LogP contribution in [0, 0.1) is 6.92 Å². The third-order valence-corrected chi connectivity index (χ3v) is 4.21. The summed E-state index contributed by atoms with van der Waals surface area (Å²) in [7, 11) is 0. The van der Waals surface area contributed by atoms with E-state index < -0.39 is 0 Å². The van der Waals surface area contributed by atoms with E-state index >= 15 is 0 Å². The van der Waals surface area contributed by atoms with Crippen LogP contribution in [0.25, 0.3) is 0 Å². The maximum Gasteiger partial charge on any atom is 0.226 e. The SMILES string of the molecule is CC(=O)N(CCC(=O)Nc1ccc(C)cc1Br)Cc1cccnc1. The fourth-order valence-electron chi connectivity index (χ4n) is 2.23. The van der Waals surface area contributed by atoms with Crippen molar-refractivity contribution in [3.8, 4) is 0 Å². The number of carbonyl (C=O) groups excluding carboxylic acids is 2. The predicted molar refractivity (Wildman–Crippen MR) is 97.5 cm³/mol. The number of hydrogen-bond acceptors (Lipinski definition) is 3. The van der Waals surface area contributed by atoms with Gasteiger partial charge >= 0.3 is 0 Å². The zero-order valence-corrected chi connectivity index (χ0v) is 15.3. The number of carbonyl (C=O) groups is 2. The molecule has 0 aliphatic carbocycles. The summed E-state index contributed by atoms with van der Waals surface area (Å²) in [6, 6.07) is 9.47.